The SMILES string of the molecule is C=CC(=O)OC(C)(C)[Si](C)(C)C. The molecule has 12 heavy (non-hydrogen) atoms. The molecule has 0 heterocycles. The summed E-state index contributed by atoms with van der Waals surface area (Å²) in [4.78, 5) is 11.0. The van der Waals surface area contributed by atoms with E-state index in [2.05, 4.69) is 26.2 Å². The number of hydrogen-bond acceptors (Lipinski definition) is 2. The van der Waals surface area contributed by atoms with Gasteiger partial charge in [0.25, 0.3) is 0 Å². The number of carbonyl (C=O) groups excluding carboxylic acids is 1. The maximum absolute atomic E-state index is 11.0. The monoisotopic (exact) mass is 186 g/mol. The summed E-state index contributed by atoms with van der Waals surface area (Å²) in [6.45, 7) is 13.8. The Hall–Kier alpha value is -0.573. The van der Waals surface area contributed by atoms with Gasteiger partial charge in [0.2, 0.25) is 0 Å². The van der Waals surface area contributed by atoms with Crippen LogP contribution in [0.3, 0.4) is 0 Å². The lowest BCUT2D eigenvalue weighted by molar-refractivity contribution is -0.144. The quantitative estimate of drug-likeness (QED) is 0.384. The molecule has 0 bridgehead atoms. The second-order valence-electron chi connectivity index (χ2n) is 4.39. The Bertz CT molecular complexity index is 189. The molecule has 0 saturated heterocycles. The van der Waals surface area contributed by atoms with Gasteiger partial charge in [-0.25, -0.2) is 4.79 Å². The Balaban J connectivity index is 4.43. The molecule has 0 unspecified atom stereocenters. The first-order valence-electron chi connectivity index (χ1n) is 4.06. The largest absolute Gasteiger partial charge is 0.460 e. The van der Waals surface area contributed by atoms with E-state index in [4.69, 9.17) is 4.74 Å². The zero-order chi connectivity index (χ0) is 9.99. The van der Waals surface area contributed by atoms with Crippen molar-refractivity contribution in [2.45, 2.75) is 38.7 Å². The van der Waals surface area contributed by atoms with Gasteiger partial charge >= 0.3 is 5.97 Å². The summed E-state index contributed by atoms with van der Waals surface area (Å²) in [6.07, 6.45) is 1.21. The molecule has 0 radical (unpaired) electrons. The van der Waals surface area contributed by atoms with E-state index in [9.17, 15) is 4.79 Å². The van der Waals surface area contributed by atoms with E-state index in [1.165, 1.54) is 6.08 Å². The van der Waals surface area contributed by atoms with Crippen molar-refractivity contribution in [3.8, 4) is 0 Å². The lowest BCUT2D eigenvalue weighted by Crippen LogP contribution is -2.50. The molecule has 0 saturated carbocycles. The molecule has 3 heteroatoms. The van der Waals surface area contributed by atoms with Crippen molar-refractivity contribution in [2.24, 2.45) is 0 Å². The van der Waals surface area contributed by atoms with Crippen molar-refractivity contribution in [3.63, 3.8) is 0 Å². The molecular weight excluding hydrogens is 168 g/mol. The molecule has 0 aromatic rings. The smallest absolute Gasteiger partial charge is 0.330 e. The van der Waals surface area contributed by atoms with Crippen LogP contribution in [0.2, 0.25) is 19.6 Å². The van der Waals surface area contributed by atoms with Crippen molar-refractivity contribution in [1.29, 1.82) is 0 Å². The minimum atomic E-state index is -1.45. The third kappa shape index (κ3) is 2.81. The van der Waals surface area contributed by atoms with E-state index < -0.39 is 8.07 Å². The van der Waals surface area contributed by atoms with E-state index in [1.54, 1.807) is 0 Å². The first-order valence-corrected chi connectivity index (χ1v) is 7.56. The first kappa shape index (κ1) is 11.4. The third-order valence-electron chi connectivity index (χ3n) is 2.33. The molecule has 0 aromatic carbocycles. The average molecular weight is 186 g/mol. The number of rotatable bonds is 3. The molecule has 70 valence electrons. The highest BCUT2D eigenvalue weighted by Crippen LogP contribution is 2.23. The summed E-state index contributed by atoms with van der Waals surface area (Å²) in [5.41, 5.74) is 0. The Morgan fingerprint density at radius 1 is 1.42 bits per heavy atom. The van der Waals surface area contributed by atoms with Crippen LogP contribution in [0.15, 0.2) is 12.7 Å². The number of esters is 1. The summed E-state index contributed by atoms with van der Waals surface area (Å²) in [7, 11) is -1.45. The lowest BCUT2D eigenvalue weighted by atomic mass is 10.4. The normalized spacial score (nSPS) is 12.4. The Labute approximate surface area is 75.6 Å². The maximum atomic E-state index is 11.0. The highest BCUT2D eigenvalue weighted by molar-refractivity contribution is 6.78. The summed E-state index contributed by atoms with van der Waals surface area (Å²) in [5, 5.41) is -0.321. The second-order valence-corrected chi connectivity index (χ2v) is 10.1. The zero-order valence-corrected chi connectivity index (χ0v) is 9.60. The van der Waals surface area contributed by atoms with Crippen molar-refractivity contribution in [1.82, 2.24) is 0 Å². The second kappa shape index (κ2) is 3.43. The van der Waals surface area contributed by atoms with E-state index in [1.807, 2.05) is 13.8 Å². The van der Waals surface area contributed by atoms with Crippen molar-refractivity contribution in [3.05, 3.63) is 12.7 Å². The van der Waals surface area contributed by atoms with Gasteiger partial charge in [0.1, 0.15) is 0 Å². The molecule has 0 spiro atoms. The van der Waals surface area contributed by atoms with Crippen LogP contribution in [0.25, 0.3) is 0 Å². The minimum Gasteiger partial charge on any atom is -0.460 e. The van der Waals surface area contributed by atoms with Crippen molar-refractivity contribution < 1.29 is 9.53 Å². The molecule has 0 aliphatic carbocycles. The van der Waals surface area contributed by atoms with Crippen LogP contribution >= 0.6 is 0 Å². The predicted octanol–water partition coefficient (Wildman–Crippen LogP) is 2.37. The molecule has 2 nitrogen and oxygen atoms in total. The summed E-state index contributed by atoms with van der Waals surface area (Å²) >= 11 is 0. The molecule has 0 aromatic heterocycles. The zero-order valence-electron chi connectivity index (χ0n) is 8.60. The van der Waals surface area contributed by atoms with Gasteiger partial charge in [0.05, 0.1) is 13.3 Å². The van der Waals surface area contributed by atoms with E-state index >= 15 is 0 Å². The standard InChI is InChI=1S/C9H18O2Si/c1-7-8(10)11-9(2,3)12(4,5)6/h7H,1H2,2-6H3. The Morgan fingerprint density at radius 3 is 2.08 bits per heavy atom. The topological polar surface area (TPSA) is 26.3 Å². The fourth-order valence-electron chi connectivity index (χ4n) is 0.446. The van der Waals surface area contributed by atoms with Crippen LogP contribution in [-0.4, -0.2) is 19.3 Å². The van der Waals surface area contributed by atoms with Crippen molar-refractivity contribution >= 4 is 14.0 Å². The molecule has 0 fully saturated rings. The van der Waals surface area contributed by atoms with Crippen LogP contribution in [0.4, 0.5) is 0 Å². The van der Waals surface area contributed by atoms with E-state index in [-0.39, 0.29) is 11.2 Å². The Morgan fingerprint density at radius 2 is 1.83 bits per heavy atom. The summed E-state index contributed by atoms with van der Waals surface area (Å²) in [5.74, 6) is -0.331. The van der Waals surface area contributed by atoms with Gasteiger partial charge in [-0.05, 0) is 13.8 Å². The highest BCUT2D eigenvalue weighted by atomic mass is 28.3. The maximum Gasteiger partial charge on any atom is 0.330 e. The fourth-order valence-corrected chi connectivity index (χ4v) is 0.853. The fraction of sp³-hybridized carbons (Fsp3) is 0.667. The molecule has 0 atom stereocenters. The van der Waals surface area contributed by atoms with Gasteiger partial charge in [0.15, 0.2) is 0 Å². The van der Waals surface area contributed by atoms with Gasteiger partial charge in [-0.2, -0.15) is 0 Å². The summed E-state index contributed by atoms with van der Waals surface area (Å²) < 4.78 is 5.26. The molecular formula is C9H18O2Si. The molecule has 0 rings (SSSR count). The van der Waals surface area contributed by atoms with Crippen LogP contribution in [0.5, 0.6) is 0 Å². The van der Waals surface area contributed by atoms with Gasteiger partial charge in [0, 0.05) is 6.08 Å². The predicted molar refractivity (Wildman–Crippen MR) is 53.7 cm³/mol. The van der Waals surface area contributed by atoms with Gasteiger partial charge in [-0.3, -0.25) is 0 Å². The van der Waals surface area contributed by atoms with Crippen LogP contribution < -0.4 is 0 Å². The Kier molecular flexibility index (Phi) is 3.27. The van der Waals surface area contributed by atoms with E-state index in [0.29, 0.717) is 0 Å². The van der Waals surface area contributed by atoms with E-state index in [0.717, 1.165) is 0 Å². The molecule has 0 aliphatic rings. The number of ether oxygens (including phenoxy) is 1. The highest BCUT2D eigenvalue weighted by Gasteiger charge is 2.37. The minimum absolute atomic E-state index is 0.321. The lowest BCUT2D eigenvalue weighted by Gasteiger charge is -2.36. The third-order valence-corrected chi connectivity index (χ3v) is 6.04. The van der Waals surface area contributed by atoms with Crippen LogP contribution in [0.1, 0.15) is 13.8 Å². The van der Waals surface area contributed by atoms with Gasteiger partial charge in [-0.1, -0.05) is 26.2 Å². The number of carbonyl (C=O) groups is 1. The molecule has 0 amide bonds. The molecule has 0 N–H and O–H groups in total. The van der Waals surface area contributed by atoms with Crippen molar-refractivity contribution in [2.75, 3.05) is 0 Å². The van der Waals surface area contributed by atoms with Crippen LogP contribution in [0, 0.1) is 0 Å². The average Bonchev–Trinajstić information content (AvgIpc) is 1.84. The van der Waals surface area contributed by atoms with Gasteiger partial charge in [-0.15, -0.1) is 0 Å². The molecule has 0 aliphatic heterocycles. The van der Waals surface area contributed by atoms with Gasteiger partial charge < -0.3 is 4.74 Å². The first-order chi connectivity index (χ1) is 5.20. The summed E-state index contributed by atoms with van der Waals surface area (Å²) in [6, 6.07) is 0. The number of hydrogen-bond donors (Lipinski definition) is 0. The van der Waals surface area contributed by atoms with Crippen LogP contribution in [-0.2, 0) is 9.53 Å².